The summed E-state index contributed by atoms with van der Waals surface area (Å²) >= 11 is 0. The van der Waals surface area contributed by atoms with Gasteiger partial charge in [-0.05, 0) is 11.1 Å². The maximum absolute atomic E-state index is 10.9. The summed E-state index contributed by atoms with van der Waals surface area (Å²) in [6.07, 6.45) is 0. The molecule has 5 nitrogen and oxygen atoms in total. The van der Waals surface area contributed by atoms with E-state index in [0.717, 1.165) is 5.56 Å². The molecule has 78 valence electrons. The highest BCUT2D eigenvalue weighted by atomic mass is 16.6. The lowest BCUT2D eigenvalue weighted by atomic mass is 10.0. The Morgan fingerprint density at radius 1 is 1.33 bits per heavy atom. The van der Waals surface area contributed by atoms with E-state index in [-0.39, 0.29) is 5.92 Å². The van der Waals surface area contributed by atoms with Crippen LogP contribution in [0, 0.1) is 15.0 Å². The van der Waals surface area contributed by atoms with Crippen LogP contribution < -0.4 is 0 Å². The van der Waals surface area contributed by atoms with Gasteiger partial charge in [-0.1, -0.05) is 36.4 Å². The monoisotopic (exact) mass is 206 g/mol. The van der Waals surface area contributed by atoms with Crippen molar-refractivity contribution in [3.8, 4) is 0 Å². The molecule has 1 aromatic rings. The molecule has 1 aromatic carbocycles. The molecule has 0 radical (unpaired) electrons. The van der Waals surface area contributed by atoms with E-state index in [2.05, 4.69) is 5.18 Å². The lowest BCUT2D eigenvalue weighted by Gasteiger charge is -2.09. The van der Waals surface area contributed by atoms with E-state index < -0.39 is 17.0 Å². The van der Waals surface area contributed by atoms with Crippen molar-refractivity contribution in [2.45, 2.75) is 24.9 Å². The Balaban J connectivity index is 2.53. The molecule has 0 fully saturated rings. The van der Waals surface area contributed by atoms with E-state index in [1.54, 1.807) is 19.1 Å². The third-order valence-electron chi connectivity index (χ3n) is 3.00. The number of nitro groups is 1. The van der Waals surface area contributed by atoms with Gasteiger partial charge in [0.05, 0.1) is 5.92 Å². The van der Waals surface area contributed by atoms with Gasteiger partial charge in [0.25, 0.3) is 0 Å². The molecule has 0 aromatic heterocycles. The summed E-state index contributed by atoms with van der Waals surface area (Å²) in [6, 6.07) is 5.39. The predicted octanol–water partition coefficient (Wildman–Crippen LogP) is 2.26. The molecule has 0 heterocycles. The molecule has 0 spiro atoms. The van der Waals surface area contributed by atoms with Gasteiger partial charge < -0.3 is 0 Å². The Bertz CT molecular complexity index is 419. The van der Waals surface area contributed by atoms with Crippen LogP contribution in [0.2, 0.25) is 0 Å². The van der Waals surface area contributed by atoms with Gasteiger partial charge in [-0.25, -0.2) is 0 Å². The highest BCUT2D eigenvalue weighted by Crippen LogP contribution is 2.43. The first-order valence-electron chi connectivity index (χ1n) is 4.71. The summed E-state index contributed by atoms with van der Waals surface area (Å²) in [5.74, 6) is -0.251. The average Bonchev–Trinajstić information content (AvgIpc) is 2.52. The summed E-state index contributed by atoms with van der Waals surface area (Å²) < 4.78 is 0. The highest BCUT2D eigenvalue weighted by Gasteiger charge is 2.47. The van der Waals surface area contributed by atoms with Crippen LogP contribution in [0.1, 0.15) is 30.0 Å². The summed E-state index contributed by atoms with van der Waals surface area (Å²) in [7, 11) is 0. The number of hydrogen-bond acceptors (Lipinski definition) is 4. The van der Waals surface area contributed by atoms with E-state index in [4.69, 9.17) is 0 Å². The van der Waals surface area contributed by atoms with Crippen molar-refractivity contribution in [2.75, 3.05) is 0 Å². The first kappa shape index (κ1) is 9.76. The summed E-state index contributed by atoms with van der Waals surface area (Å²) in [4.78, 5) is 21.1. The molecular formula is C10H10N2O3. The zero-order valence-electron chi connectivity index (χ0n) is 8.16. The van der Waals surface area contributed by atoms with E-state index in [0.29, 0.717) is 5.56 Å². The molecule has 5 heteroatoms. The largest absolute Gasteiger partial charge is 0.264 e. The SMILES string of the molecule is CC1c2ccccc2C(N=O)C1[N+](=O)[O-]. The van der Waals surface area contributed by atoms with Gasteiger partial charge in [-0.2, -0.15) is 0 Å². The quantitative estimate of drug-likeness (QED) is 0.423. The highest BCUT2D eigenvalue weighted by molar-refractivity contribution is 5.39. The average molecular weight is 206 g/mol. The third-order valence-corrected chi connectivity index (χ3v) is 3.00. The molecule has 1 aliphatic carbocycles. The fraction of sp³-hybridized carbons (Fsp3) is 0.400. The number of benzene rings is 1. The normalized spacial score (nSPS) is 28.5. The molecule has 3 atom stereocenters. The number of rotatable bonds is 2. The summed E-state index contributed by atoms with van der Waals surface area (Å²) in [5.41, 5.74) is 1.56. The van der Waals surface area contributed by atoms with Crippen molar-refractivity contribution >= 4 is 0 Å². The molecule has 2 rings (SSSR count). The van der Waals surface area contributed by atoms with Crippen LogP contribution in [-0.2, 0) is 0 Å². The lowest BCUT2D eigenvalue weighted by Crippen LogP contribution is -2.25. The number of nitroso groups, excluding NO2 is 1. The Kier molecular flexibility index (Phi) is 2.22. The molecule has 0 saturated carbocycles. The third kappa shape index (κ3) is 1.31. The van der Waals surface area contributed by atoms with Crippen molar-refractivity contribution in [2.24, 2.45) is 5.18 Å². The summed E-state index contributed by atoms with van der Waals surface area (Å²) in [6.45, 7) is 1.76. The molecule has 0 aliphatic heterocycles. The molecule has 0 N–H and O–H groups in total. The molecule has 0 saturated heterocycles. The fourth-order valence-corrected chi connectivity index (χ4v) is 2.25. The molecule has 0 bridgehead atoms. The topological polar surface area (TPSA) is 72.6 Å². The van der Waals surface area contributed by atoms with Crippen LogP contribution >= 0.6 is 0 Å². The smallest absolute Gasteiger partial charge is 0.249 e. The number of fused-ring (bicyclic) bond motifs is 1. The first-order valence-corrected chi connectivity index (χ1v) is 4.71. The van der Waals surface area contributed by atoms with Gasteiger partial charge >= 0.3 is 0 Å². The maximum atomic E-state index is 10.9. The second-order valence-electron chi connectivity index (χ2n) is 3.74. The van der Waals surface area contributed by atoms with Gasteiger partial charge in [0, 0.05) is 4.92 Å². The maximum Gasteiger partial charge on any atom is 0.249 e. The van der Waals surface area contributed by atoms with Crippen molar-refractivity contribution in [1.82, 2.24) is 0 Å². The van der Waals surface area contributed by atoms with Crippen LogP contribution in [0.4, 0.5) is 0 Å². The Morgan fingerprint density at radius 3 is 2.47 bits per heavy atom. The molecule has 1 aliphatic rings. The van der Waals surface area contributed by atoms with E-state index in [9.17, 15) is 15.0 Å². The molecule has 15 heavy (non-hydrogen) atoms. The van der Waals surface area contributed by atoms with Crippen LogP contribution in [0.3, 0.4) is 0 Å². The molecule has 0 amide bonds. The second-order valence-corrected chi connectivity index (χ2v) is 3.74. The lowest BCUT2D eigenvalue weighted by molar-refractivity contribution is -0.528. The van der Waals surface area contributed by atoms with Crippen molar-refractivity contribution in [3.05, 3.63) is 50.4 Å². The summed E-state index contributed by atoms with van der Waals surface area (Å²) in [5, 5.41) is 13.7. The second kappa shape index (κ2) is 3.42. The molecular weight excluding hydrogens is 196 g/mol. The van der Waals surface area contributed by atoms with Gasteiger partial charge in [-0.3, -0.25) is 10.1 Å². The Morgan fingerprint density at radius 2 is 1.93 bits per heavy atom. The van der Waals surface area contributed by atoms with E-state index in [1.165, 1.54) is 0 Å². The predicted molar refractivity (Wildman–Crippen MR) is 54.2 cm³/mol. The zero-order valence-corrected chi connectivity index (χ0v) is 8.16. The minimum Gasteiger partial charge on any atom is -0.264 e. The van der Waals surface area contributed by atoms with Crippen molar-refractivity contribution in [3.63, 3.8) is 0 Å². The Labute approximate surface area is 86.2 Å². The minimum absolute atomic E-state index is 0.251. The van der Waals surface area contributed by atoms with Crippen molar-refractivity contribution < 1.29 is 4.92 Å². The zero-order chi connectivity index (χ0) is 11.0. The van der Waals surface area contributed by atoms with Crippen LogP contribution in [-0.4, -0.2) is 11.0 Å². The minimum atomic E-state index is -0.917. The van der Waals surface area contributed by atoms with Crippen LogP contribution in [0.5, 0.6) is 0 Å². The van der Waals surface area contributed by atoms with Crippen LogP contribution in [0.15, 0.2) is 29.4 Å². The number of nitrogens with zero attached hydrogens (tertiary/aromatic N) is 2. The van der Waals surface area contributed by atoms with Gasteiger partial charge in [0.1, 0.15) is 0 Å². The number of hydrogen-bond donors (Lipinski definition) is 0. The van der Waals surface area contributed by atoms with Gasteiger partial charge in [0.2, 0.25) is 6.04 Å². The van der Waals surface area contributed by atoms with Crippen molar-refractivity contribution in [1.29, 1.82) is 0 Å². The first-order chi connectivity index (χ1) is 7.16. The van der Waals surface area contributed by atoms with Gasteiger partial charge in [0.15, 0.2) is 6.04 Å². The fourth-order valence-electron chi connectivity index (χ4n) is 2.25. The molecule has 3 unspecified atom stereocenters. The van der Waals surface area contributed by atoms with Gasteiger partial charge in [-0.15, -0.1) is 4.91 Å². The standard InChI is InChI=1S/C10H10N2O3/c1-6-7-4-2-3-5-8(7)9(11-13)10(6)12(14)15/h2-6,9-10H,1H3. The van der Waals surface area contributed by atoms with Crippen LogP contribution in [0.25, 0.3) is 0 Å². The Hall–Kier alpha value is -1.78. The van der Waals surface area contributed by atoms with E-state index >= 15 is 0 Å². The van der Waals surface area contributed by atoms with E-state index in [1.807, 2.05) is 12.1 Å².